The molecule has 1 heterocycles. The Hall–Kier alpha value is -3.65. The zero-order chi connectivity index (χ0) is 24.2. The highest BCUT2D eigenvalue weighted by atomic mass is 19.4. The van der Waals surface area contributed by atoms with Crippen molar-refractivity contribution in [3.63, 3.8) is 0 Å². The number of alkyl halides is 6. The van der Waals surface area contributed by atoms with Crippen LogP contribution in [0.25, 0.3) is 0 Å². The van der Waals surface area contributed by atoms with Crippen molar-refractivity contribution < 1.29 is 46.0 Å². The third-order valence-corrected chi connectivity index (χ3v) is 2.85. The molecule has 0 radical (unpaired) electrons. The van der Waals surface area contributed by atoms with Crippen LogP contribution in [0.5, 0.6) is 0 Å². The van der Waals surface area contributed by atoms with Crippen LogP contribution in [0.2, 0.25) is 0 Å². The number of carbonyl (C=O) groups is 2. The number of allylic oxidation sites excluding steroid dienone is 2. The van der Waals surface area contributed by atoms with E-state index in [9.17, 15) is 46.0 Å². The Balaban J connectivity index is 0.000000842. The number of nitrogens with one attached hydrogen (secondary N) is 2. The van der Waals surface area contributed by atoms with Crippen molar-refractivity contribution in [2.75, 3.05) is 18.4 Å². The number of nitrogens with zero attached hydrogens (tertiary/aromatic N) is 2. The maximum absolute atomic E-state index is 11.8. The topological polar surface area (TPSA) is 134 Å². The average Bonchev–Trinajstić information content (AvgIpc) is 2.61. The lowest BCUT2D eigenvalue weighted by Gasteiger charge is -2.07. The van der Waals surface area contributed by atoms with Crippen molar-refractivity contribution in [2.45, 2.75) is 19.3 Å². The lowest BCUT2D eigenvalue weighted by Crippen LogP contribution is -2.27. The summed E-state index contributed by atoms with van der Waals surface area (Å²) in [6, 6.07) is 1.46. The van der Waals surface area contributed by atoms with Gasteiger partial charge in [0.1, 0.15) is 12.0 Å². The molecule has 31 heavy (non-hydrogen) atoms. The van der Waals surface area contributed by atoms with Crippen LogP contribution in [-0.2, 0) is 9.59 Å². The number of carbonyl (C=O) groups excluding carboxylic acids is 1. The number of aliphatic carboxylic acids is 1. The van der Waals surface area contributed by atoms with Crippen LogP contribution in [0.4, 0.5) is 37.8 Å². The van der Waals surface area contributed by atoms with Crippen LogP contribution in [0.15, 0.2) is 36.6 Å². The molecule has 1 rings (SSSR count). The van der Waals surface area contributed by atoms with Gasteiger partial charge in [-0.05, 0) is 13.0 Å². The van der Waals surface area contributed by atoms with Crippen LogP contribution in [0, 0.1) is 17.0 Å². The van der Waals surface area contributed by atoms with Crippen molar-refractivity contribution >= 4 is 23.4 Å². The molecule has 0 spiro atoms. The summed E-state index contributed by atoms with van der Waals surface area (Å²) in [5.74, 6) is -2.11. The highest BCUT2D eigenvalue weighted by Crippen LogP contribution is 2.18. The van der Waals surface area contributed by atoms with Crippen LogP contribution in [0.3, 0.4) is 0 Å². The van der Waals surface area contributed by atoms with E-state index in [1.807, 2.05) is 0 Å². The highest BCUT2D eigenvalue weighted by Gasteiger charge is 2.23. The van der Waals surface area contributed by atoms with E-state index in [-0.39, 0.29) is 37.0 Å². The quantitative estimate of drug-likeness (QED) is 0.188. The van der Waals surface area contributed by atoms with Gasteiger partial charge < -0.3 is 15.7 Å². The Morgan fingerprint density at radius 1 is 1.13 bits per heavy atom. The number of aryl methyl sites for hydroxylation is 1. The van der Waals surface area contributed by atoms with E-state index in [4.69, 9.17) is 5.11 Å². The van der Waals surface area contributed by atoms with Gasteiger partial charge in [-0.2, -0.15) is 26.3 Å². The first kappa shape index (κ1) is 27.4. The molecule has 0 saturated carbocycles. The number of halogens is 6. The molecule has 1 aromatic heterocycles. The predicted octanol–water partition coefficient (Wildman–Crippen LogP) is 3.13. The molecule has 9 nitrogen and oxygen atoms in total. The molecule has 1 aromatic rings. The molecule has 0 aliphatic rings. The Morgan fingerprint density at radius 3 is 2.10 bits per heavy atom. The number of rotatable bonds is 7. The molecular formula is C16H16F6N4O5. The van der Waals surface area contributed by atoms with Crippen molar-refractivity contribution in [3.05, 3.63) is 52.2 Å². The first-order valence-electron chi connectivity index (χ1n) is 7.98. The summed E-state index contributed by atoms with van der Waals surface area (Å²) in [5, 5.41) is 23.3. The van der Waals surface area contributed by atoms with Crippen molar-refractivity contribution in [2.24, 2.45) is 0 Å². The lowest BCUT2D eigenvalue weighted by molar-refractivity contribution is -0.385. The van der Waals surface area contributed by atoms with Gasteiger partial charge in [-0.1, -0.05) is 0 Å². The summed E-state index contributed by atoms with van der Waals surface area (Å²) in [5.41, 5.74) is 0.302. The third kappa shape index (κ3) is 14.9. The SMILES string of the molecule is Cc1cc(NCCNC(=O)/C=C/C(F)(F)F)ncc1[N+](=O)[O-].O=C(O)/C=C/C(F)(F)F. The summed E-state index contributed by atoms with van der Waals surface area (Å²) in [4.78, 5) is 34.4. The van der Waals surface area contributed by atoms with Crippen LogP contribution in [0.1, 0.15) is 5.56 Å². The van der Waals surface area contributed by atoms with Crippen LogP contribution in [-0.4, -0.2) is 52.3 Å². The molecule has 0 fully saturated rings. The Morgan fingerprint density at radius 2 is 1.68 bits per heavy atom. The second-order valence-electron chi connectivity index (χ2n) is 5.42. The van der Waals surface area contributed by atoms with Gasteiger partial charge in [-0.25, -0.2) is 9.78 Å². The Kier molecular flexibility index (Phi) is 10.7. The minimum Gasteiger partial charge on any atom is -0.478 e. The normalized spacial score (nSPS) is 11.7. The second-order valence-corrected chi connectivity index (χ2v) is 5.42. The second kappa shape index (κ2) is 12.1. The molecule has 15 heteroatoms. The van der Waals surface area contributed by atoms with E-state index in [0.29, 0.717) is 17.5 Å². The number of amides is 1. The van der Waals surface area contributed by atoms with E-state index in [1.54, 1.807) is 6.92 Å². The predicted molar refractivity (Wildman–Crippen MR) is 95.2 cm³/mol. The van der Waals surface area contributed by atoms with Crippen molar-refractivity contribution in [1.29, 1.82) is 0 Å². The zero-order valence-electron chi connectivity index (χ0n) is 15.6. The first-order chi connectivity index (χ1) is 14.1. The van der Waals surface area contributed by atoms with Crippen molar-refractivity contribution in [3.8, 4) is 0 Å². The monoisotopic (exact) mass is 458 g/mol. The van der Waals surface area contributed by atoms with Crippen LogP contribution < -0.4 is 10.6 Å². The number of carboxylic acids is 1. The van der Waals surface area contributed by atoms with Gasteiger partial charge in [0, 0.05) is 43.0 Å². The van der Waals surface area contributed by atoms with E-state index in [2.05, 4.69) is 15.6 Å². The maximum Gasteiger partial charge on any atom is 0.410 e. The van der Waals surface area contributed by atoms with Gasteiger partial charge in [0.05, 0.1) is 4.92 Å². The largest absolute Gasteiger partial charge is 0.478 e. The molecule has 0 saturated heterocycles. The van der Waals surface area contributed by atoms with Crippen LogP contribution >= 0.6 is 0 Å². The Bertz CT molecular complexity index is 837. The number of pyridine rings is 1. The van der Waals surface area contributed by atoms with Gasteiger partial charge in [-0.15, -0.1) is 0 Å². The molecule has 0 atom stereocenters. The molecule has 0 aliphatic heterocycles. The van der Waals surface area contributed by atoms with Gasteiger partial charge in [0.25, 0.3) is 5.69 Å². The molecule has 172 valence electrons. The molecular weight excluding hydrogens is 442 g/mol. The third-order valence-electron chi connectivity index (χ3n) is 2.85. The molecule has 1 amide bonds. The van der Waals surface area contributed by atoms with E-state index < -0.39 is 29.2 Å². The number of anilines is 1. The molecule has 0 aromatic carbocycles. The van der Waals surface area contributed by atoms with Gasteiger partial charge in [0.2, 0.25) is 5.91 Å². The molecule has 0 unspecified atom stereocenters. The lowest BCUT2D eigenvalue weighted by atomic mass is 10.2. The summed E-state index contributed by atoms with van der Waals surface area (Å²) in [7, 11) is 0. The summed E-state index contributed by atoms with van der Waals surface area (Å²) >= 11 is 0. The fourth-order valence-electron chi connectivity index (χ4n) is 1.61. The minimum absolute atomic E-state index is 0.0417. The number of nitro groups is 1. The first-order valence-corrected chi connectivity index (χ1v) is 7.98. The zero-order valence-corrected chi connectivity index (χ0v) is 15.6. The fraction of sp³-hybridized carbons (Fsp3) is 0.312. The van der Waals surface area contributed by atoms with Gasteiger partial charge in [0.15, 0.2) is 0 Å². The number of hydrogen-bond acceptors (Lipinski definition) is 6. The minimum atomic E-state index is -4.53. The standard InChI is InChI=1S/C12H13F3N4O3.C4H3F3O2/c1-8-6-10(18-7-9(8)19(21)22)16-4-5-17-11(20)2-3-12(13,14)15;5-4(6,7)2-1-3(8)9/h2-3,6-7H,4-5H2,1H3,(H,16,18)(H,17,20);1-2H,(H,8,9)/b3-2+;2-1+. The number of carboxylic acid groups (broad SMARTS) is 1. The number of aromatic nitrogens is 1. The highest BCUT2D eigenvalue weighted by molar-refractivity contribution is 5.87. The van der Waals surface area contributed by atoms with E-state index >= 15 is 0 Å². The smallest absolute Gasteiger partial charge is 0.410 e. The summed E-state index contributed by atoms with van der Waals surface area (Å²) in [6.45, 7) is 1.82. The molecule has 3 N–H and O–H groups in total. The van der Waals surface area contributed by atoms with Gasteiger partial charge in [-0.3, -0.25) is 14.9 Å². The van der Waals surface area contributed by atoms with Crippen molar-refractivity contribution in [1.82, 2.24) is 10.3 Å². The summed E-state index contributed by atoms with van der Waals surface area (Å²) in [6.07, 6.45) is -8.02. The Labute approximate surface area is 170 Å². The number of hydrogen-bond donors (Lipinski definition) is 3. The molecule has 0 aliphatic carbocycles. The van der Waals surface area contributed by atoms with Gasteiger partial charge >= 0.3 is 18.3 Å². The average molecular weight is 458 g/mol. The molecule has 0 bridgehead atoms. The van der Waals surface area contributed by atoms with E-state index in [0.717, 1.165) is 6.20 Å². The van der Waals surface area contributed by atoms with E-state index in [1.165, 1.54) is 6.07 Å². The fourth-order valence-corrected chi connectivity index (χ4v) is 1.61. The maximum atomic E-state index is 11.8. The summed E-state index contributed by atoms with van der Waals surface area (Å²) < 4.78 is 68.7.